The van der Waals surface area contributed by atoms with E-state index in [1.807, 2.05) is 24.3 Å². The third-order valence-corrected chi connectivity index (χ3v) is 3.95. The van der Waals surface area contributed by atoms with E-state index in [0.29, 0.717) is 19.6 Å². The highest BCUT2D eigenvalue weighted by Gasteiger charge is 2.50. The lowest BCUT2D eigenvalue weighted by Gasteiger charge is -2.48. The van der Waals surface area contributed by atoms with Crippen molar-refractivity contribution in [3.63, 3.8) is 0 Å². The van der Waals surface area contributed by atoms with E-state index >= 15 is 0 Å². The Morgan fingerprint density at radius 1 is 1.29 bits per heavy atom. The zero-order valence-electron chi connectivity index (χ0n) is 12.7. The van der Waals surface area contributed by atoms with Crippen LogP contribution in [0.5, 0.6) is 5.75 Å². The predicted octanol–water partition coefficient (Wildman–Crippen LogP) is 1.79. The minimum Gasteiger partial charge on any atom is -0.497 e. The largest absolute Gasteiger partial charge is 0.497 e. The van der Waals surface area contributed by atoms with E-state index in [9.17, 15) is 9.59 Å². The molecule has 1 unspecified atom stereocenters. The highest BCUT2D eigenvalue weighted by Crippen LogP contribution is 2.32. The van der Waals surface area contributed by atoms with Crippen molar-refractivity contribution in [3.05, 3.63) is 29.8 Å². The van der Waals surface area contributed by atoms with Gasteiger partial charge in [0.1, 0.15) is 11.3 Å². The number of methoxy groups -OCH3 is 1. The minimum atomic E-state index is -0.806. The number of carbonyl (C=O) groups is 2. The molecule has 0 bridgehead atoms. The molecule has 0 N–H and O–H groups in total. The summed E-state index contributed by atoms with van der Waals surface area (Å²) in [5.41, 5.74) is 0.0958. The molecule has 1 aromatic rings. The van der Waals surface area contributed by atoms with Crippen LogP contribution in [-0.4, -0.2) is 42.6 Å². The van der Waals surface area contributed by atoms with E-state index in [0.717, 1.165) is 11.3 Å². The normalized spacial score (nSPS) is 20.6. The second-order valence-corrected chi connectivity index (χ2v) is 5.31. The first-order valence-electron chi connectivity index (χ1n) is 7.12. The van der Waals surface area contributed by atoms with E-state index < -0.39 is 5.54 Å². The number of rotatable bonds is 5. The lowest BCUT2D eigenvalue weighted by molar-refractivity contribution is -0.173. The minimum absolute atomic E-state index is 0.0537. The molecule has 0 spiro atoms. The monoisotopic (exact) mass is 291 g/mol. The predicted molar refractivity (Wildman–Crippen MR) is 78.1 cm³/mol. The van der Waals surface area contributed by atoms with Gasteiger partial charge in [0.25, 0.3) is 0 Å². The van der Waals surface area contributed by atoms with Gasteiger partial charge in [0, 0.05) is 6.54 Å². The molecule has 0 aromatic heterocycles. The first-order chi connectivity index (χ1) is 10.0. The topological polar surface area (TPSA) is 55.8 Å². The van der Waals surface area contributed by atoms with Crippen LogP contribution in [0.1, 0.15) is 25.8 Å². The highest BCUT2D eigenvalue weighted by molar-refractivity contribution is 5.90. The summed E-state index contributed by atoms with van der Waals surface area (Å²) in [6.07, 6.45) is 0.930. The summed E-state index contributed by atoms with van der Waals surface area (Å²) in [7, 11) is 1.60. The Hall–Kier alpha value is -2.04. The quantitative estimate of drug-likeness (QED) is 0.776. The Kier molecular flexibility index (Phi) is 4.50. The van der Waals surface area contributed by atoms with Crippen LogP contribution in [0.3, 0.4) is 0 Å². The molecule has 1 aliphatic rings. The summed E-state index contributed by atoms with van der Waals surface area (Å²) in [6, 6.07) is 7.36. The standard InChI is InChI=1S/C16H21NO4/c1-4-21-15(19)16(2)9-10-17(16)14(18)11-12-5-7-13(20-3)8-6-12/h5-8H,4,9-11H2,1-3H3. The fourth-order valence-electron chi connectivity index (χ4n) is 2.47. The molecule has 0 radical (unpaired) electrons. The van der Waals surface area contributed by atoms with E-state index in [-0.39, 0.29) is 18.3 Å². The molecule has 1 heterocycles. The average Bonchev–Trinajstić information content (AvgIpc) is 2.46. The fourth-order valence-corrected chi connectivity index (χ4v) is 2.47. The van der Waals surface area contributed by atoms with Crippen molar-refractivity contribution in [2.24, 2.45) is 0 Å². The molecule has 5 heteroatoms. The molecular formula is C16H21NO4. The molecule has 1 atom stereocenters. The molecule has 2 rings (SSSR count). The van der Waals surface area contributed by atoms with Gasteiger partial charge in [0.15, 0.2) is 0 Å². The van der Waals surface area contributed by atoms with E-state index in [1.165, 1.54) is 0 Å². The third-order valence-electron chi connectivity index (χ3n) is 3.95. The third kappa shape index (κ3) is 3.01. The zero-order chi connectivity index (χ0) is 15.5. The summed E-state index contributed by atoms with van der Waals surface area (Å²) in [5.74, 6) is 0.382. The molecule has 1 aliphatic heterocycles. The maximum atomic E-state index is 12.4. The number of hydrogen-bond donors (Lipinski definition) is 0. The number of likely N-dealkylation sites (tertiary alicyclic amines) is 1. The summed E-state index contributed by atoms with van der Waals surface area (Å²) in [4.78, 5) is 25.9. The molecule has 114 valence electrons. The highest BCUT2D eigenvalue weighted by atomic mass is 16.5. The van der Waals surface area contributed by atoms with Gasteiger partial charge in [-0.1, -0.05) is 12.1 Å². The number of esters is 1. The van der Waals surface area contributed by atoms with Crippen molar-refractivity contribution in [2.45, 2.75) is 32.2 Å². The Bertz CT molecular complexity index is 526. The van der Waals surface area contributed by atoms with E-state index in [1.54, 1.807) is 25.9 Å². The van der Waals surface area contributed by atoms with Crippen LogP contribution in [0.15, 0.2) is 24.3 Å². The van der Waals surface area contributed by atoms with Gasteiger partial charge in [-0.2, -0.15) is 0 Å². The molecule has 1 amide bonds. The van der Waals surface area contributed by atoms with Crippen LogP contribution in [0, 0.1) is 0 Å². The number of carbonyl (C=O) groups excluding carboxylic acids is 2. The first kappa shape index (κ1) is 15.4. The van der Waals surface area contributed by atoms with Crippen molar-refractivity contribution in [3.8, 4) is 5.75 Å². The summed E-state index contributed by atoms with van der Waals surface area (Å²) in [6.45, 7) is 4.46. The van der Waals surface area contributed by atoms with Gasteiger partial charge in [0.2, 0.25) is 5.91 Å². The van der Waals surface area contributed by atoms with Gasteiger partial charge in [-0.25, -0.2) is 4.79 Å². The maximum absolute atomic E-state index is 12.4. The Labute approximate surface area is 124 Å². The lowest BCUT2D eigenvalue weighted by Crippen LogP contribution is -2.65. The second kappa shape index (κ2) is 6.16. The Morgan fingerprint density at radius 2 is 1.95 bits per heavy atom. The van der Waals surface area contributed by atoms with Gasteiger partial charge in [-0.05, 0) is 38.0 Å². The van der Waals surface area contributed by atoms with Crippen molar-refractivity contribution in [1.29, 1.82) is 0 Å². The number of nitrogens with zero attached hydrogens (tertiary/aromatic N) is 1. The van der Waals surface area contributed by atoms with Crippen LogP contribution in [0.25, 0.3) is 0 Å². The molecular weight excluding hydrogens is 270 g/mol. The SMILES string of the molecule is CCOC(=O)C1(C)CCN1C(=O)Cc1ccc(OC)cc1. The summed E-state index contributed by atoms with van der Waals surface area (Å²) < 4.78 is 10.1. The average molecular weight is 291 g/mol. The fraction of sp³-hybridized carbons (Fsp3) is 0.500. The van der Waals surface area contributed by atoms with E-state index in [2.05, 4.69) is 0 Å². The maximum Gasteiger partial charge on any atom is 0.331 e. The van der Waals surface area contributed by atoms with Crippen molar-refractivity contribution >= 4 is 11.9 Å². The molecule has 0 aliphatic carbocycles. The van der Waals surface area contributed by atoms with Crippen LogP contribution >= 0.6 is 0 Å². The second-order valence-electron chi connectivity index (χ2n) is 5.31. The van der Waals surface area contributed by atoms with Gasteiger partial charge >= 0.3 is 5.97 Å². The number of amides is 1. The Balaban J connectivity index is 2.01. The van der Waals surface area contributed by atoms with Crippen molar-refractivity contribution in [1.82, 2.24) is 4.90 Å². The van der Waals surface area contributed by atoms with Crippen LogP contribution in [-0.2, 0) is 20.7 Å². The smallest absolute Gasteiger partial charge is 0.331 e. The molecule has 1 saturated heterocycles. The van der Waals surface area contributed by atoms with E-state index in [4.69, 9.17) is 9.47 Å². The zero-order valence-corrected chi connectivity index (χ0v) is 12.7. The molecule has 1 aromatic carbocycles. The number of benzene rings is 1. The molecule has 1 fully saturated rings. The summed E-state index contributed by atoms with van der Waals surface area (Å²) in [5, 5.41) is 0. The molecule has 21 heavy (non-hydrogen) atoms. The molecule has 0 saturated carbocycles. The van der Waals surface area contributed by atoms with Crippen molar-refractivity contribution in [2.75, 3.05) is 20.3 Å². The Morgan fingerprint density at radius 3 is 2.43 bits per heavy atom. The summed E-state index contributed by atoms with van der Waals surface area (Å²) >= 11 is 0. The van der Waals surface area contributed by atoms with Crippen molar-refractivity contribution < 1.29 is 19.1 Å². The number of ether oxygens (including phenoxy) is 2. The van der Waals surface area contributed by atoms with Gasteiger partial charge in [-0.15, -0.1) is 0 Å². The molecule has 5 nitrogen and oxygen atoms in total. The number of hydrogen-bond acceptors (Lipinski definition) is 4. The van der Waals surface area contributed by atoms with Crippen LogP contribution in [0.4, 0.5) is 0 Å². The van der Waals surface area contributed by atoms with Crippen LogP contribution in [0.2, 0.25) is 0 Å². The lowest BCUT2D eigenvalue weighted by atomic mass is 9.86. The first-order valence-corrected chi connectivity index (χ1v) is 7.12. The van der Waals surface area contributed by atoms with Crippen LogP contribution < -0.4 is 4.74 Å². The van der Waals surface area contributed by atoms with Gasteiger partial charge < -0.3 is 14.4 Å². The van der Waals surface area contributed by atoms with Gasteiger partial charge in [0.05, 0.1) is 20.1 Å². The van der Waals surface area contributed by atoms with Gasteiger partial charge in [-0.3, -0.25) is 4.79 Å².